The van der Waals surface area contributed by atoms with Crippen molar-refractivity contribution in [1.29, 1.82) is 0 Å². The van der Waals surface area contributed by atoms with Gasteiger partial charge < -0.3 is 0 Å². The summed E-state index contributed by atoms with van der Waals surface area (Å²) in [4.78, 5) is 8.39. The predicted octanol–water partition coefficient (Wildman–Crippen LogP) is 6.76. The molecule has 0 bridgehead atoms. The van der Waals surface area contributed by atoms with E-state index in [2.05, 4.69) is 9.97 Å². The van der Waals surface area contributed by atoms with Crippen LogP contribution in [0.25, 0.3) is 33.7 Å². The van der Waals surface area contributed by atoms with Gasteiger partial charge in [-0.05, 0) is 58.7 Å². The van der Waals surface area contributed by atoms with Gasteiger partial charge in [0.05, 0.1) is 23.2 Å². The van der Waals surface area contributed by atoms with E-state index in [0.29, 0.717) is 33.7 Å². The smallest absolute Gasteiger partial charge is 0.226 e. The summed E-state index contributed by atoms with van der Waals surface area (Å²) < 4.78 is 87.8. The largest absolute Gasteiger partial charge is 0.418 e. The van der Waals surface area contributed by atoms with Crippen LogP contribution in [0.5, 0.6) is 0 Å². The Kier molecular flexibility index (Phi) is 6.42. The molecule has 6 nitrogen and oxygen atoms in total. The van der Waals surface area contributed by atoms with E-state index in [9.17, 15) is 26.3 Å². The lowest BCUT2D eigenvalue weighted by atomic mass is 10.1. The van der Waals surface area contributed by atoms with Gasteiger partial charge in [-0.15, -0.1) is 0 Å². The Balaban J connectivity index is 1.76. The average molecular weight is 563 g/mol. The van der Waals surface area contributed by atoms with Crippen LogP contribution < -0.4 is 9.13 Å². The van der Waals surface area contributed by atoms with Gasteiger partial charge in [-0.1, -0.05) is 0 Å². The Labute approximate surface area is 226 Å². The van der Waals surface area contributed by atoms with Gasteiger partial charge in [-0.2, -0.15) is 35.5 Å². The van der Waals surface area contributed by atoms with Crippen molar-refractivity contribution in [2.75, 3.05) is 0 Å². The zero-order valence-electron chi connectivity index (χ0n) is 22.7. The summed E-state index contributed by atoms with van der Waals surface area (Å²) in [5, 5.41) is 0. The lowest BCUT2D eigenvalue weighted by Gasteiger charge is -2.08. The van der Waals surface area contributed by atoms with E-state index in [4.69, 9.17) is 0 Å². The van der Waals surface area contributed by atoms with Gasteiger partial charge in [0.1, 0.15) is 11.4 Å². The van der Waals surface area contributed by atoms with Crippen molar-refractivity contribution in [2.45, 2.75) is 66.0 Å². The fraction of sp³-hybridized carbons (Fsp3) is 0.357. The predicted molar refractivity (Wildman–Crippen MR) is 136 cm³/mol. The highest BCUT2D eigenvalue weighted by Gasteiger charge is 2.35. The summed E-state index contributed by atoms with van der Waals surface area (Å²) in [5.74, 6) is 0. The Morgan fingerprint density at radius 3 is 1.32 bits per heavy atom. The Bertz CT molecular complexity index is 1630. The molecule has 0 saturated heterocycles. The molecule has 4 heterocycles. The summed E-state index contributed by atoms with van der Waals surface area (Å²) in [5.41, 5.74) is 2.71. The van der Waals surface area contributed by atoms with Crippen molar-refractivity contribution in [3.8, 4) is 11.4 Å². The summed E-state index contributed by atoms with van der Waals surface area (Å²) >= 11 is 0. The highest BCUT2D eigenvalue weighted by atomic mass is 19.4. The van der Waals surface area contributed by atoms with Crippen LogP contribution in [0.15, 0.2) is 49.3 Å². The second-order valence-corrected chi connectivity index (χ2v) is 10.5. The molecular formula is C28H28F6N6+2. The number of pyridine rings is 2. The molecule has 0 atom stereocenters. The SMILES string of the molecule is Cc1cc(C)c(-n2c[n+](C(C)C)c3cc(C(F)(F)F)cnc32)cc1-n1c[n+](C(C)C)c2cc(C(F)(F)F)cnc21. The Morgan fingerprint density at radius 1 is 0.625 bits per heavy atom. The molecule has 0 aliphatic rings. The molecule has 0 aliphatic heterocycles. The summed E-state index contributed by atoms with van der Waals surface area (Å²) in [7, 11) is 0. The van der Waals surface area contributed by atoms with Crippen molar-refractivity contribution >= 4 is 22.3 Å². The number of halogens is 6. The standard InChI is InChI=1S/C28H28F6N6/c1-15(2)37-13-39(25-23(37)8-19(11-35-25)27(29,30)31)21-10-22(18(6)7-17(21)5)40-14-38(16(3)4)24-9-20(28(32,33)34)12-36-26(24)40/h7-16H,1-6H3/q+2. The number of aromatic nitrogens is 6. The molecule has 0 spiro atoms. The van der Waals surface area contributed by atoms with E-state index >= 15 is 0 Å². The number of hydrogen-bond donors (Lipinski definition) is 0. The molecule has 1 aromatic carbocycles. The number of aryl methyl sites for hydroxylation is 2. The van der Waals surface area contributed by atoms with E-state index in [1.165, 1.54) is 0 Å². The summed E-state index contributed by atoms with van der Waals surface area (Å²) in [6, 6.07) is 5.68. The van der Waals surface area contributed by atoms with Crippen molar-refractivity contribution < 1.29 is 35.5 Å². The molecule has 40 heavy (non-hydrogen) atoms. The first-order chi connectivity index (χ1) is 18.6. The van der Waals surface area contributed by atoms with Crippen LogP contribution in [-0.4, -0.2) is 19.1 Å². The minimum atomic E-state index is -4.54. The number of rotatable bonds is 4. The number of hydrogen-bond acceptors (Lipinski definition) is 2. The molecule has 0 aliphatic carbocycles. The van der Waals surface area contributed by atoms with E-state index in [0.717, 1.165) is 35.7 Å². The summed E-state index contributed by atoms with van der Waals surface area (Å²) in [6.45, 7) is 11.3. The van der Waals surface area contributed by atoms with E-state index in [-0.39, 0.29) is 12.1 Å². The molecule has 12 heteroatoms. The molecule has 210 valence electrons. The molecular weight excluding hydrogens is 534 g/mol. The maximum atomic E-state index is 13.5. The van der Waals surface area contributed by atoms with Crippen molar-refractivity contribution in [3.05, 3.63) is 71.6 Å². The zero-order valence-corrected chi connectivity index (χ0v) is 22.7. The van der Waals surface area contributed by atoms with Crippen LogP contribution in [0.3, 0.4) is 0 Å². The average Bonchev–Trinajstić information content (AvgIpc) is 3.42. The number of imidazole rings is 2. The molecule has 0 fully saturated rings. The van der Waals surface area contributed by atoms with Crippen LogP contribution >= 0.6 is 0 Å². The maximum Gasteiger partial charge on any atom is 0.418 e. The molecule has 4 aromatic heterocycles. The van der Waals surface area contributed by atoms with Crippen molar-refractivity contribution in [2.24, 2.45) is 0 Å². The monoisotopic (exact) mass is 562 g/mol. The second kappa shape index (κ2) is 9.31. The normalized spacial score (nSPS) is 12.9. The molecule has 0 saturated carbocycles. The van der Waals surface area contributed by atoms with Crippen LogP contribution in [0.4, 0.5) is 26.3 Å². The first kappa shape index (κ1) is 27.6. The molecule has 5 aromatic rings. The molecule has 0 amide bonds. The van der Waals surface area contributed by atoms with Gasteiger partial charge >= 0.3 is 12.4 Å². The Hall–Kier alpha value is -3.96. The van der Waals surface area contributed by atoms with Gasteiger partial charge in [0.15, 0.2) is 11.0 Å². The van der Waals surface area contributed by atoms with Crippen LogP contribution in [0.2, 0.25) is 0 Å². The first-order valence-corrected chi connectivity index (χ1v) is 12.7. The number of benzene rings is 1. The highest BCUT2D eigenvalue weighted by molar-refractivity contribution is 5.74. The summed E-state index contributed by atoms with van der Waals surface area (Å²) in [6.07, 6.45) is -3.99. The third-order valence-electron chi connectivity index (χ3n) is 6.99. The second-order valence-electron chi connectivity index (χ2n) is 10.5. The molecule has 0 radical (unpaired) electrons. The fourth-order valence-corrected chi connectivity index (χ4v) is 4.96. The van der Waals surface area contributed by atoms with Gasteiger partial charge in [0.25, 0.3) is 23.9 Å². The quantitative estimate of drug-likeness (QED) is 0.180. The van der Waals surface area contributed by atoms with E-state index in [1.54, 1.807) is 30.9 Å². The molecule has 0 unspecified atom stereocenters. The number of alkyl halides is 6. The fourth-order valence-electron chi connectivity index (χ4n) is 4.96. The highest BCUT2D eigenvalue weighted by Crippen LogP contribution is 2.33. The van der Waals surface area contributed by atoms with Crippen LogP contribution in [0.1, 0.15) is 62.0 Å². The Morgan fingerprint density at radius 2 is 1.00 bits per heavy atom. The topological polar surface area (TPSA) is 43.4 Å². The van der Waals surface area contributed by atoms with Crippen LogP contribution in [0, 0.1) is 13.8 Å². The number of fused-ring (bicyclic) bond motifs is 2. The van der Waals surface area contributed by atoms with Gasteiger partial charge in [0, 0.05) is 30.6 Å². The number of nitrogens with zero attached hydrogens (tertiary/aromatic N) is 6. The van der Waals surface area contributed by atoms with Crippen molar-refractivity contribution in [1.82, 2.24) is 19.1 Å². The lowest BCUT2D eigenvalue weighted by Crippen LogP contribution is -2.35. The third-order valence-corrected chi connectivity index (χ3v) is 6.99. The lowest BCUT2D eigenvalue weighted by molar-refractivity contribution is -0.692. The van der Waals surface area contributed by atoms with Crippen molar-refractivity contribution in [3.63, 3.8) is 0 Å². The zero-order chi connectivity index (χ0) is 29.3. The molecule has 5 rings (SSSR count). The first-order valence-electron chi connectivity index (χ1n) is 12.7. The van der Waals surface area contributed by atoms with Gasteiger partial charge in [-0.3, -0.25) is 0 Å². The minimum Gasteiger partial charge on any atom is -0.226 e. The van der Waals surface area contributed by atoms with E-state index < -0.39 is 23.5 Å². The van der Waals surface area contributed by atoms with Gasteiger partial charge in [-0.25, -0.2) is 19.1 Å². The van der Waals surface area contributed by atoms with Crippen LogP contribution in [-0.2, 0) is 12.4 Å². The maximum absolute atomic E-state index is 13.5. The third kappa shape index (κ3) is 4.58. The van der Waals surface area contributed by atoms with E-state index in [1.807, 2.05) is 53.7 Å². The minimum absolute atomic E-state index is 0.148. The molecule has 0 N–H and O–H groups in total. The van der Waals surface area contributed by atoms with Gasteiger partial charge in [0.2, 0.25) is 0 Å².